The number of hydrogen-bond donors (Lipinski definition) is 3. The summed E-state index contributed by atoms with van der Waals surface area (Å²) in [6.07, 6.45) is 4.39. The number of benzene rings is 1. The van der Waals surface area contributed by atoms with E-state index in [9.17, 15) is 18.0 Å². The summed E-state index contributed by atoms with van der Waals surface area (Å²) in [5.41, 5.74) is 7.17. The molecule has 2 amide bonds. The summed E-state index contributed by atoms with van der Waals surface area (Å²) >= 11 is 0. The Morgan fingerprint density at radius 1 is 1.26 bits per heavy atom. The summed E-state index contributed by atoms with van der Waals surface area (Å²) in [7, 11) is -3.83. The number of amides is 2. The highest BCUT2D eigenvalue weighted by atomic mass is 32.2. The van der Waals surface area contributed by atoms with Crippen molar-refractivity contribution in [3.05, 3.63) is 53.9 Å². The average molecular weight is 393 g/mol. The number of hydrogen-bond acceptors (Lipinski definition) is 6. The molecule has 0 aliphatic heterocycles. The van der Waals surface area contributed by atoms with E-state index in [-0.39, 0.29) is 18.0 Å². The fourth-order valence-electron chi connectivity index (χ4n) is 2.13. The van der Waals surface area contributed by atoms with Crippen LogP contribution in [0.2, 0.25) is 0 Å². The number of nitrogens with two attached hydrogens (primary N) is 1. The van der Waals surface area contributed by atoms with Crippen LogP contribution >= 0.6 is 0 Å². The minimum absolute atomic E-state index is 0.176. The van der Waals surface area contributed by atoms with E-state index in [4.69, 9.17) is 5.73 Å². The van der Waals surface area contributed by atoms with Crippen LogP contribution in [0.1, 0.15) is 22.8 Å². The largest absolute Gasteiger partial charge is 0.367 e. The SMILES string of the molecule is CC(=O)NCc1ccc(C(=O)NC(N)=NOS(C)(=O)=O)cc1-n1cccc1. The molecule has 0 radical (unpaired) electrons. The number of oxime groups is 1. The van der Waals surface area contributed by atoms with Gasteiger partial charge >= 0.3 is 10.1 Å². The van der Waals surface area contributed by atoms with Crippen molar-refractivity contribution in [1.82, 2.24) is 15.2 Å². The molecule has 10 nitrogen and oxygen atoms in total. The van der Waals surface area contributed by atoms with Gasteiger partial charge in [0.2, 0.25) is 11.9 Å². The summed E-state index contributed by atoms with van der Waals surface area (Å²) in [5.74, 6) is -1.28. The van der Waals surface area contributed by atoms with Gasteiger partial charge in [-0.05, 0) is 35.0 Å². The number of carbonyl (C=O) groups is 2. The molecule has 0 fully saturated rings. The zero-order chi connectivity index (χ0) is 20.0. The summed E-state index contributed by atoms with van der Waals surface area (Å²) < 4.78 is 27.7. The maximum absolute atomic E-state index is 12.3. The van der Waals surface area contributed by atoms with Crippen molar-refractivity contribution < 1.29 is 22.3 Å². The average Bonchev–Trinajstić information content (AvgIpc) is 3.11. The zero-order valence-corrected chi connectivity index (χ0v) is 15.5. The molecule has 1 aromatic heterocycles. The van der Waals surface area contributed by atoms with Crippen molar-refractivity contribution in [3.8, 4) is 5.69 Å². The molecule has 0 saturated carbocycles. The summed E-state index contributed by atoms with van der Waals surface area (Å²) in [6, 6.07) is 8.49. The molecule has 1 aromatic carbocycles. The van der Waals surface area contributed by atoms with Crippen molar-refractivity contribution in [2.45, 2.75) is 13.5 Å². The van der Waals surface area contributed by atoms with E-state index in [1.807, 2.05) is 12.1 Å². The minimum atomic E-state index is -3.83. The third-order valence-corrected chi connectivity index (χ3v) is 3.62. The highest BCUT2D eigenvalue weighted by Gasteiger charge is 2.13. The quantitative estimate of drug-likeness (QED) is 0.359. The number of nitrogens with zero attached hydrogens (tertiary/aromatic N) is 2. The molecule has 0 unspecified atom stereocenters. The Balaban J connectivity index is 2.25. The van der Waals surface area contributed by atoms with Gasteiger partial charge in [0, 0.05) is 31.4 Å². The van der Waals surface area contributed by atoms with Gasteiger partial charge in [-0.3, -0.25) is 19.2 Å². The third-order valence-electron chi connectivity index (χ3n) is 3.27. The second-order valence-electron chi connectivity index (χ2n) is 5.55. The van der Waals surface area contributed by atoms with Crippen LogP contribution in [0, 0.1) is 0 Å². The zero-order valence-electron chi connectivity index (χ0n) is 14.7. The maximum atomic E-state index is 12.3. The van der Waals surface area contributed by atoms with E-state index in [2.05, 4.69) is 20.1 Å². The van der Waals surface area contributed by atoms with E-state index in [0.717, 1.165) is 11.8 Å². The van der Waals surface area contributed by atoms with E-state index >= 15 is 0 Å². The molecule has 0 spiro atoms. The molecule has 1 heterocycles. The molecular weight excluding hydrogens is 374 g/mol. The molecule has 2 aromatic rings. The Kier molecular flexibility index (Phi) is 6.19. The lowest BCUT2D eigenvalue weighted by Gasteiger charge is -2.13. The first-order chi connectivity index (χ1) is 12.7. The smallest absolute Gasteiger partial charge is 0.325 e. The summed E-state index contributed by atoms with van der Waals surface area (Å²) in [4.78, 5) is 23.5. The number of carbonyl (C=O) groups excluding carboxylic acids is 2. The van der Waals surface area contributed by atoms with Crippen LogP contribution in [0.5, 0.6) is 0 Å². The van der Waals surface area contributed by atoms with E-state index in [1.165, 1.54) is 6.92 Å². The first-order valence-corrected chi connectivity index (χ1v) is 9.51. The molecule has 2 rings (SSSR count). The molecule has 0 saturated heterocycles. The number of guanidine groups is 1. The molecule has 144 valence electrons. The Labute approximate surface area is 156 Å². The predicted molar refractivity (Wildman–Crippen MR) is 98.3 cm³/mol. The minimum Gasteiger partial charge on any atom is -0.367 e. The van der Waals surface area contributed by atoms with Crippen molar-refractivity contribution in [2.75, 3.05) is 6.26 Å². The monoisotopic (exact) mass is 393 g/mol. The van der Waals surface area contributed by atoms with Gasteiger partial charge in [-0.25, -0.2) is 0 Å². The standard InChI is InChI=1S/C16H19N5O5S/c1-11(22)18-10-13-6-5-12(9-14(13)21-7-3-4-8-21)15(23)19-16(17)20-26-27(2,24)25/h3-9H,10H2,1-2H3,(H,18,22)(H3,17,19,20,23). The molecule has 0 aliphatic carbocycles. The lowest BCUT2D eigenvalue weighted by atomic mass is 10.1. The normalized spacial score (nSPS) is 11.7. The van der Waals surface area contributed by atoms with Gasteiger partial charge < -0.3 is 15.6 Å². The molecule has 0 bridgehead atoms. The number of rotatable bonds is 6. The molecule has 4 N–H and O–H groups in total. The van der Waals surface area contributed by atoms with E-state index < -0.39 is 22.0 Å². The first-order valence-electron chi connectivity index (χ1n) is 7.70. The fourth-order valence-corrected chi connectivity index (χ4v) is 2.34. The molecular formula is C16H19N5O5S. The van der Waals surface area contributed by atoms with Crippen LogP contribution in [-0.4, -0.2) is 37.0 Å². The lowest BCUT2D eigenvalue weighted by Crippen LogP contribution is -2.37. The van der Waals surface area contributed by atoms with Crippen LogP contribution < -0.4 is 16.4 Å². The van der Waals surface area contributed by atoms with Crippen LogP contribution in [0.4, 0.5) is 0 Å². The summed E-state index contributed by atoms with van der Waals surface area (Å²) in [6.45, 7) is 1.70. The summed E-state index contributed by atoms with van der Waals surface area (Å²) in [5, 5.41) is 8.06. The highest BCUT2D eigenvalue weighted by molar-refractivity contribution is 7.85. The third kappa shape index (κ3) is 6.15. The molecule has 27 heavy (non-hydrogen) atoms. The Hall–Kier alpha value is -3.34. The molecule has 11 heteroatoms. The second-order valence-corrected chi connectivity index (χ2v) is 7.11. The van der Waals surface area contributed by atoms with Crippen molar-refractivity contribution in [2.24, 2.45) is 10.9 Å². The van der Waals surface area contributed by atoms with Gasteiger partial charge in [0.15, 0.2) is 0 Å². The molecule has 0 atom stereocenters. The predicted octanol–water partition coefficient (Wildman–Crippen LogP) is 0.0491. The highest BCUT2D eigenvalue weighted by Crippen LogP contribution is 2.17. The van der Waals surface area contributed by atoms with Gasteiger partial charge in [-0.1, -0.05) is 6.07 Å². The van der Waals surface area contributed by atoms with Crippen molar-refractivity contribution in [1.29, 1.82) is 0 Å². The van der Waals surface area contributed by atoms with Gasteiger partial charge in [0.05, 0.1) is 11.9 Å². The maximum Gasteiger partial charge on any atom is 0.325 e. The Bertz CT molecular complexity index is 967. The van der Waals surface area contributed by atoms with Gasteiger partial charge in [-0.2, -0.15) is 8.42 Å². The van der Waals surface area contributed by atoms with Gasteiger partial charge in [0.1, 0.15) is 0 Å². The van der Waals surface area contributed by atoms with E-state index in [1.54, 1.807) is 35.2 Å². The Morgan fingerprint density at radius 3 is 2.52 bits per heavy atom. The topological polar surface area (TPSA) is 145 Å². The van der Waals surface area contributed by atoms with E-state index in [0.29, 0.717) is 5.69 Å². The Morgan fingerprint density at radius 2 is 1.93 bits per heavy atom. The van der Waals surface area contributed by atoms with Crippen LogP contribution in [0.3, 0.4) is 0 Å². The van der Waals surface area contributed by atoms with Crippen LogP contribution in [-0.2, 0) is 25.7 Å². The number of aromatic nitrogens is 1. The first kappa shape index (κ1) is 20.0. The molecule has 0 aliphatic rings. The van der Waals surface area contributed by atoms with Gasteiger partial charge in [0.25, 0.3) is 5.91 Å². The van der Waals surface area contributed by atoms with Crippen LogP contribution in [0.15, 0.2) is 47.9 Å². The second kappa shape index (κ2) is 8.36. The lowest BCUT2D eigenvalue weighted by molar-refractivity contribution is -0.119. The van der Waals surface area contributed by atoms with Crippen molar-refractivity contribution in [3.63, 3.8) is 0 Å². The van der Waals surface area contributed by atoms with Gasteiger partial charge in [-0.15, -0.1) is 0 Å². The fraction of sp³-hybridized carbons (Fsp3) is 0.188. The van der Waals surface area contributed by atoms with Crippen molar-refractivity contribution >= 4 is 27.9 Å². The van der Waals surface area contributed by atoms with Crippen LogP contribution in [0.25, 0.3) is 5.69 Å². The number of nitrogens with one attached hydrogen (secondary N) is 2.